The number of fused-ring (bicyclic) bond motifs is 3. The molecule has 130 valence electrons. The van der Waals surface area contributed by atoms with E-state index in [4.69, 9.17) is 0 Å². The van der Waals surface area contributed by atoms with Crippen LogP contribution in [-0.2, 0) is 7.05 Å². The first-order valence-corrected chi connectivity index (χ1v) is 9.39. The van der Waals surface area contributed by atoms with E-state index in [-0.39, 0.29) is 6.04 Å². The first-order valence-electron chi connectivity index (χ1n) is 9.39. The van der Waals surface area contributed by atoms with Crippen LogP contribution in [0.1, 0.15) is 22.7 Å². The molecule has 0 aliphatic carbocycles. The molecule has 1 atom stereocenters. The second kappa shape index (κ2) is 6.17. The summed E-state index contributed by atoms with van der Waals surface area (Å²) in [7, 11) is 2.11. The average molecular weight is 350 g/mol. The van der Waals surface area contributed by atoms with Gasteiger partial charge in [0.25, 0.3) is 0 Å². The molecule has 0 bridgehead atoms. The SMILES string of the molecule is Cc1ccc(-c2cccc[n+]2C)c(C2c3ccccc3-c3cccc[n+]32)c1. The summed E-state index contributed by atoms with van der Waals surface area (Å²) in [5.41, 5.74) is 9.13. The van der Waals surface area contributed by atoms with E-state index in [9.17, 15) is 0 Å². The lowest BCUT2D eigenvalue weighted by molar-refractivity contribution is -0.688. The van der Waals surface area contributed by atoms with Crippen molar-refractivity contribution in [3.8, 4) is 22.5 Å². The Morgan fingerprint density at radius 3 is 2.22 bits per heavy atom. The molecule has 1 unspecified atom stereocenters. The van der Waals surface area contributed by atoms with Crippen LogP contribution in [0.25, 0.3) is 22.5 Å². The maximum absolute atomic E-state index is 2.41. The Morgan fingerprint density at radius 2 is 1.37 bits per heavy atom. The van der Waals surface area contributed by atoms with Crippen LogP contribution in [0.2, 0.25) is 0 Å². The van der Waals surface area contributed by atoms with E-state index < -0.39 is 0 Å². The Labute approximate surface area is 160 Å². The fraction of sp³-hybridized carbons (Fsp3) is 0.120. The van der Waals surface area contributed by atoms with E-state index in [0.29, 0.717) is 0 Å². The summed E-state index contributed by atoms with van der Waals surface area (Å²) in [6, 6.07) is 28.7. The molecule has 2 nitrogen and oxygen atoms in total. The topological polar surface area (TPSA) is 7.76 Å². The third-order valence-electron chi connectivity index (χ3n) is 5.53. The molecule has 3 heterocycles. The molecule has 0 saturated heterocycles. The Hall–Kier alpha value is -3.26. The van der Waals surface area contributed by atoms with Crippen LogP contribution in [0, 0.1) is 6.92 Å². The molecule has 0 radical (unpaired) electrons. The summed E-state index contributed by atoms with van der Waals surface area (Å²) in [5.74, 6) is 0. The molecule has 1 aliphatic heterocycles. The van der Waals surface area contributed by atoms with Crippen LogP contribution in [0.4, 0.5) is 0 Å². The molecule has 5 rings (SSSR count). The number of hydrogen-bond acceptors (Lipinski definition) is 0. The zero-order valence-electron chi connectivity index (χ0n) is 15.6. The molecular formula is C25H22N2+2. The van der Waals surface area contributed by atoms with Gasteiger partial charge in [-0.15, -0.1) is 0 Å². The maximum Gasteiger partial charge on any atom is 0.213 e. The van der Waals surface area contributed by atoms with Gasteiger partial charge < -0.3 is 0 Å². The standard InChI is InChI=1S/C25H22N2/c1-18-13-14-20(23-11-5-7-15-26(23)2)22(17-18)25-21-10-4-3-9-19(21)24-12-6-8-16-27(24)25/h3-17,25H,1-2H3/q+2. The quantitative estimate of drug-likeness (QED) is 0.417. The van der Waals surface area contributed by atoms with Gasteiger partial charge in [0.15, 0.2) is 12.4 Å². The van der Waals surface area contributed by atoms with Gasteiger partial charge in [-0.25, -0.2) is 4.57 Å². The molecule has 1 aliphatic rings. The number of nitrogens with zero attached hydrogens (tertiary/aromatic N) is 2. The molecule has 0 fully saturated rings. The van der Waals surface area contributed by atoms with Crippen molar-refractivity contribution in [2.24, 2.45) is 7.05 Å². The summed E-state index contributed by atoms with van der Waals surface area (Å²) >= 11 is 0. The van der Waals surface area contributed by atoms with E-state index in [2.05, 4.69) is 114 Å². The highest BCUT2D eigenvalue weighted by atomic mass is 15.0. The second-order valence-corrected chi connectivity index (χ2v) is 7.27. The van der Waals surface area contributed by atoms with E-state index in [0.717, 1.165) is 0 Å². The van der Waals surface area contributed by atoms with Crippen molar-refractivity contribution < 1.29 is 9.13 Å². The Morgan fingerprint density at radius 1 is 0.667 bits per heavy atom. The molecule has 0 N–H and O–H groups in total. The van der Waals surface area contributed by atoms with Gasteiger partial charge in [-0.3, -0.25) is 0 Å². The van der Waals surface area contributed by atoms with Crippen LogP contribution >= 0.6 is 0 Å². The lowest BCUT2D eigenvalue weighted by Crippen LogP contribution is -2.39. The van der Waals surface area contributed by atoms with Crippen LogP contribution in [0.15, 0.2) is 91.3 Å². The maximum atomic E-state index is 2.41. The number of pyridine rings is 2. The van der Waals surface area contributed by atoms with Crippen LogP contribution in [0.5, 0.6) is 0 Å². The molecule has 27 heavy (non-hydrogen) atoms. The van der Waals surface area contributed by atoms with Crippen molar-refractivity contribution >= 4 is 0 Å². The molecule has 0 saturated carbocycles. The summed E-state index contributed by atoms with van der Waals surface area (Å²) < 4.78 is 4.61. The highest BCUT2D eigenvalue weighted by Crippen LogP contribution is 2.39. The summed E-state index contributed by atoms with van der Waals surface area (Å²) in [6.07, 6.45) is 4.32. The third-order valence-corrected chi connectivity index (χ3v) is 5.53. The van der Waals surface area contributed by atoms with Gasteiger partial charge in [0, 0.05) is 35.4 Å². The lowest BCUT2D eigenvalue weighted by atomic mass is 9.91. The second-order valence-electron chi connectivity index (χ2n) is 7.27. The average Bonchev–Trinajstić information content (AvgIpc) is 3.03. The number of aryl methyl sites for hydroxylation is 2. The first kappa shape index (κ1) is 16.0. The van der Waals surface area contributed by atoms with Gasteiger partial charge in [0.1, 0.15) is 7.05 Å². The summed E-state index contributed by atoms with van der Waals surface area (Å²) in [6.45, 7) is 2.18. The van der Waals surface area contributed by atoms with Crippen LogP contribution < -0.4 is 9.13 Å². The van der Waals surface area contributed by atoms with Crippen LogP contribution in [-0.4, -0.2) is 0 Å². The van der Waals surface area contributed by atoms with Crippen molar-refractivity contribution in [3.05, 3.63) is 108 Å². The molecule has 2 aromatic carbocycles. The van der Waals surface area contributed by atoms with E-state index in [1.165, 1.54) is 39.2 Å². The Balaban J connectivity index is 1.81. The Bertz CT molecular complexity index is 1110. The Kier molecular flexibility index (Phi) is 3.64. The number of aromatic nitrogens is 2. The number of benzene rings is 2. The van der Waals surface area contributed by atoms with Gasteiger partial charge in [-0.2, -0.15) is 4.57 Å². The smallest absolute Gasteiger partial charge is 0.201 e. The summed E-state index contributed by atoms with van der Waals surface area (Å²) in [4.78, 5) is 0. The monoisotopic (exact) mass is 350 g/mol. The molecule has 0 spiro atoms. The number of hydrogen-bond donors (Lipinski definition) is 0. The van der Waals surface area contributed by atoms with Crippen molar-refractivity contribution in [1.29, 1.82) is 0 Å². The molecule has 2 heteroatoms. The minimum Gasteiger partial charge on any atom is -0.201 e. The highest BCUT2D eigenvalue weighted by molar-refractivity contribution is 5.70. The lowest BCUT2D eigenvalue weighted by Gasteiger charge is -2.14. The van der Waals surface area contributed by atoms with E-state index in [1.54, 1.807) is 0 Å². The van der Waals surface area contributed by atoms with Gasteiger partial charge in [0.2, 0.25) is 17.4 Å². The predicted octanol–water partition coefficient (Wildman–Crippen LogP) is 4.39. The summed E-state index contributed by atoms with van der Waals surface area (Å²) in [5, 5.41) is 0. The number of rotatable bonds is 2. The van der Waals surface area contributed by atoms with Gasteiger partial charge in [-0.05, 0) is 37.3 Å². The van der Waals surface area contributed by atoms with Gasteiger partial charge in [0.05, 0.1) is 11.1 Å². The van der Waals surface area contributed by atoms with Gasteiger partial charge in [-0.1, -0.05) is 29.8 Å². The van der Waals surface area contributed by atoms with Crippen molar-refractivity contribution in [3.63, 3.8) is 0 Å². The van der Waals surface area contributed by atoms with Crippen molar-refractivity contribution in [2.45, 2.75) is 13.0 Å². The highest BCUT2D eigenvalue weighted by Gasteiger charge is 2.39. The van der Waals surface area contributed by atoms with Crippen molar-refractivity contribution in [2.75, 3.05) is 0 Å². The predicted molar refractivity (Wildman–Crippen MR) is 107 cm³/mol. The largest absolute Gasteiger partial charge is 0.213 e. The normalized spacial score (nSPS) is 14.7. The van der Waals surface area contributed by atoms with E-state index >= 15 is 0 Å². The minimum atomic E-state index is 0.188. The van der Waals surface area contributed by atoms with Crippen LogP contribution in [0.3, 0.4) is 0 Å². The fourth-order valence-electron chi connectivity index (χ4n) is 4.29. The minimum absolute atomic E-state index is 0.188. The molecular weight excluding hydrogens is 328 g/mol. The fourth-order valence-corrected chi connectivity index (χ4v) is 4.29. The third kappa shape index (κ3) is 2.48. The zero-order valence-corrected chi connectivity index (χ0v) is 15.6. The molecule has 4 aromatic rings. The van der Waals surface area contributed by atoms with E-state index in [1.807, 2.05) is 0 Å². The van der Waals surface area contributed by atoms with Crippen molar-refractivity contribution in [1.82, 2.24) is 0 Å². The molecule has 0 amide bonds. The molecule has 2 aromatic heterocycles. The first-order chi connectivity index (χ1) is 13.2. The zero-order chi connectivity index (χ0) is 18.4. The van der Waals surface area contributed by atoms with Gasteiger partial charge >= 0.3 is 0 Å².